The van der Waals surface area contributed by atoms with Gasteiger partial charge in [-0.05, 0) is 32.1 Å². The van der Waals surface area contributed by atoms with E-state index >= 15 is 0 Å². The smallest absolute Gasteiger partial charge is 0.478 e. The van der Waals surface area contributed by atoms with E-state index in [0.29, 0.717) is 25.0 Å². The standard InChI is InChI=1S/C33H52N7O19P3S/c1-33(2,28(46)31(47)36-14-13-22(41)35-15-16-63-24(44)12-10-8-6-4-3-5-7-9-11-23(42)43)18-56-62(53,54)59-61(51,52)55-17-21-27(58-60(48,49)50)26(45)32(57-21)40-20-39-25-29(34)37-19-38-30(25)40/h6,8-9,11,19-21,26-28,32,45-46H,3-5,7,10,12-18H2,1-2H3,(H,35,41)(H,36,47)(H,42,43)(H,51,52)(H,53,54)(H2,34,37,38)(H2,48,49,50)/b8-6+,11-9+. The number of rotatable bonds is 28. The number of aliphatic hydroxyl groups excluding tert-OH is 2. The molecular weight excluding hydrogens is 923 g/mol. The second kappa shape index (κ2) is 24.7. The number of aromatic nitrogens is 4. The molecule has 26 nitrogen and oxygen atoms in total. The molecule has 7 atom stereocenters. The van der Waals surface area contributed by atoms with Crippen LogP contribution in [-0.2, 0) is 55.5 Å². The quantitative estimate of drug-likeness (QED) is 0.0248. The number of phosphoric ester groups is 3. The summed E-state index contributed by atoms with van der Waals surface area (Å²) in [5.41, 5.74) is 4.23. The lowest BCUT2D eigenvalue weighted by Crippen LogP contribution is -2.46. The van der Waals surface area contributed by atoms with Crippen molar-refractivity contribution in [3.63, 3.8) is 0 Å². The van der Waals surface area contributed by atoms with E-state index in [0.717, 1.165) is 54.3 Å². The van der Waals surface area contributed by atoms with Gasteiger partial charge >= 0.3 is 29.4 Å². The highest BCUT2D eigenvalue weighted by Crippen LogP contribution is 2.61. The van der Waals surface area contributed by atoms with Gasteiger partial charge in [0.1, 0.15) is 36.3 Å². The number of anilines is 1. The number of hydrogen-bond acceptors (Lipinski definition) is 19. The number of amides is 2. The average Bonchev–Trinajstić information content (AvgIpc) is 3.75. The fraction of sp³-hybridized carbons (Fsp3) is 0.606. The maximum atomic E-state index is 12.7. The van der Waals surface area contributed by atoms with Crippen LogP contribution >= 0.6 is 35.2 Å². The van der Waals surface area contributed by atoms with Gasteiger partial charge in [0, 0.05) is 43.2 Å². The summed E-state index contributed by atoms with van der Waals surface area (Å²) >= 11 is 1.06. The molecule has 1 aliphatic heterocycles. The minimum absolute atomic E-state index is 0.0238. The van der Waals surface area contributed by atoms with Crippen LogP contribution in [0.4, 0.5) is 5.82 Å². The number of carbonyl (C=O) groups excluding carboxylic acids is 3. The van der Waals surface area contributed by atoms with Crippen LogP contribution in [0.1, 0.15) is 65.0 Å². The number of hydrogen-bond donors (Lipinski definition) is 10. The van der Waals surface area contributed by atoms with Gasteiger partial charge in [-0.2, -0.15) is 4.31 Å². The molecule has 63 heavy (non-hydrogen) atoms. The van der Waals surface area contributed by atoms with Gasteiger partial charge in [0.05, 0.1) is 19.5 Å². The van der Waals surface area contributed by atoms with E-state index in [2.05, 4.69) is 34.4 Å². The summed E-state index contributed by atoms with van der Waals surface area (Å²) in [4.78, 5) is 98.3. The summed E-state index contributed by atoms with van der Waals surface area (Å²) in [6, 6.07) is 0. The van der Waals surface area contributed by atoms with Crippen LogP contribution in [-0.4, -0.2) is 134 Å². The molecule has 2 amide bonds. The van der Waals surface area contributed by atoms with Gasteiger partial charge in [0.2, 0.25) is 11.8 Å². The predicted molar refractivity (Wildman–Crippen MR) is 221 cm³/mol. The Morgan fingerprint density at radius 2 is 1.63 bits per heavy atom. The highest BCUT2D eigenvalue weighted by Gasteiger charge is 2.50. The first kappa shape index (κ1) is 53.8. The molecule has 354 valence electrons. The minimum atomic E-state index is -5.59. The van der Waals surface area contributed by atoms with Gasteiger partial charge in [-0.15, -0.1) is 0 Å². The van der Waals surface area contributed by atoms with Crippen molar-refractivity contribution in [1.29, 1.82) is 0 Å². The van der Waals surface area contributed by atoms with E-state index in [-0.39, 0.29) is 41.6 Å². The number of aliphatic hydroxyl groups is 2. The van der Waals surface area contributed by atoms with Crippen molar-refractivity contribution in [3.8, 4) is 0 Å². The number of carboxylic acid groups (broad SMARTS) is 1. The summed E-state index contributed by atoms with van der Waals surface area (Å²) in [5, 5.41) is 34.9. The molecular formula is C33H52N7O19P3S. The number of nitrogen functional groups attached to an aromatic ring is 1. The van der Waals surface area contributed by atoms with E-state index < -0.39 is 90.5 Å². The molecule has 3 rings (SSSR count). The number of ether oxygens (including phenoxy) is 1. The molecule has 0 aliphatic carbocycles. The molecule has 0 saturated carbocycles. The topological polar surface area (TPSA) is 401 Å². The Morgan fingerprint density at radius 1 is 0.968 bits per heavy atom. The maximum Gasteiger partial charge on any atom is 0.481 e. The number of nitrogens with one attached hydrogen (secondary N) is 2. The molecule has 1 aliphatic rings. The van der Waals surface area contributed by atoms with Crippen molar-refractivity contribution >= 4 is 75.1 Å². The number of fused-ring (bicyclic) bond motifs is 1. The fourth-order valence-electron chi connectivity index (χ4n) is 5.51. The molecule has 11 N–H and O–H groups in total. The summed E-state index contributed by atoms with van der Waals surface area (Å²) < 4.78 is 62.2. The highest BCUT2D eigenvalue weighted by atomic mass is 32.2. The number of thioether (sulfide) groups is 1. The molecule has 2 aromatic rings. The van der Waals surface area contributed by atoms with Gasteiger partial charge in [0.15, 0.2) is 22.8 Å². The zero-order chi connectivity index (χ0) is 47.0. The zero-order valence-corrected chi connectivity index (χ0v) is 37.5. The van der Waals surface area contributed by atoms with Gasteiger partial charge in [-0.25, -0.2) is 33.4 Å². The van der Waals surface area contributed by atoms with Crippen molar-refractivity contribution in [3.05, 3.63) is 37.0 Å². The summed E-state index contributed by atoms with van der Waals surface area (Å²) in [7, 11) is -16.4. The number of unbranched alkanes of at least 4 members (excludes halogenated alkanes) is 3. The summed E-state index contributed by atoms with van der Waals surface area (Å²) in [6.07, 6.45) is 3.73. The van der Waals surface area contributed by atoms with E-state index in [1.54, 1.807) is 6.08 Å². The average molecular weight is 976 g/mol. The monoisotopic (exact) mass is 975 g/mol. The normalized spacial score (nSPS) is 20.8. The van der Waals surface area contributed by atoms with E-state index in [4.69, 9.17) is 24.6 Å². The summed E-state index contributed by atoms with van der Waals surface area (Å²) in [5.74, 6) is -2.15. The molecule has 0 spiro atoms. The molecule has 2 aromatic heterocycles. The lowest BCUT2D eigenvalue weighted by atomic mass is 9.87. The van der Waals surface area contributed by atoms with Crippen LogP contribution < -0.4 is 16.4 Å². The second-order valence-electron chi connectivity index (χ2n) is 14.3. The van der Waals surface area contributed by atoms with Crippen molar-refractivity contribution < 1.29 is 90.4 Å². The first-order valence-corrected chi connectivity index (χ1v) is 24.5. The van der Waals surface area contributed by atoms with Crippen LogP contribution in [0.2, 0.25) is 0 Å². The Hall–Kier alpha value is -3.49. The Bertz CT molecular complexity index is 2090. The zero-order valence-electron chi connectivity index (χ0n) is 34.0. The second-order valence-corrected chi connectivity index (χ2v) is 19.7. The molecule has 1 fully saturated rings. The Labute approximate surface area is 364 Å². The fourth-order valence-corrected chi connectivity index (χ4v) is 9.04. The highest BCUT2D eigenvalue weighted by molar-refractivity contribution is 8.13. The lowest BCUT2D eigenvalue weighted by Gasteiger charge is -2.30. The van der Waals surface area contributed by atoms with Gasteiger partial charge < -0.3 is 56.0 Å². The molecule has 0 bridgehead atoms. The molecule has 7 unspecified atom stereocenters. The van der Waals surface area contributed by atoms with Crippen molar-refractivity contribution in [1.82, 2.24) is 30.2 Å². The van der Waals surface area contributed by atoms with Gasteiger partial charge in [0.25, 0.3) is 0 Å². The number of allylic oxidation sites excluding steroid dienone is 3. The molecule has 3 heterocycles. The van der Waals surface area contributed by atoms with Crippen molar-refractivity contribution in [2.24, 2.45) is 5.41 Å². The molecule has 30 heteroatoms. The molecule has 1 saturated heterocycles. The van der Waals surface area contributed by atoms with Crippen LogP contribution in [0.15, 0.2) is 37.0 Å². The lowest BCUT2D eigenvalue weighted by molar-refractivity contribution is -0.137. The minimum Gasteiger partial charge on any atom is -0.478 e. The third-order valence-electron chi connectivity index (χ3n) is 8.70. The Balaban J connectivity index is 1.37. The number of aliphatic carboxylic acids is 1. The SMILES string of the molecule is CC(C)(COP(=O)(O)OP(=O)(O)OCC1OC(n2cnc3c(N)ncnc32)C(O)C1OP(=O)(O)O)C(O)C(=O)NCCC(=O)NCCSC(=O)CC/C=C/CCCC/C=C/C(=O)O. The van der Waals surface area contributed by atoms with Gasteiger partial charge in [-0.1, -0.05) is 43.8 Å². The number of carbonyl (C=O) groups is 4. The number of nitrogens with two attached hydrogens (primary N) is 1. The van der Waals surface area contributed by atoms with E-state index in [9.17, 15) is 62.7 Å². The van der Waals surface area contributed by atoms with Crippen LogP contribution in [0.5, 0.6) is 0 Å². The number of imidazole rings is 1. The third-order valence-corrected chi connectivity index (χ3v) is 12.7. The van der Waals surface area contributed by atoms with Crippen LogP contribution in [0, 0.1) is 5.41 Å². The molecule has 0 radical (unpaired) electrons. The predicted octanol–water partition coefficient (Wildman–Crippen LogP) is 1.20. The number of carboxylic acids is 1. The maximum absolute atomic E-state index is 12.7. The van der Waals surface area contributed by atoms with Crippen LogP contribution in [0.25, 0.3) is 11.2 Å². The number of nitrogens with zero attached hydrogens (tertiary/aromatic N) is 4. The van der Waals surface area contributed by atoms with Gasteiger partial charge in [-0.3, -0.25) is 32.5 Å². The Morgan fingerprint density at radius 3 is 2.32 bits per heavy atom. The summed E-state index contributed by atoms with van der Waals surface area (Å²) in [6.45, 7) is 0.405. The Kier molecular flexibility index (Phi) is 21.1. The largest absolute Gasteiger partial charge is 0.481 e. The first-order chi connectivity index (χ1) is 29.4. The first-order valence-electron chi connectivity index (χ1n) is 19.0. The van der Waals surface area contributed by atoms with Crippen molar-refractivity contribution in [2.75, 3.05) is 37.8 Å². The van der Waals surface area contributed by atoms with Crippen molar-refractivity contribution in [2.45, 2.75) is 89.4 Å². The van der Waals surface area contributed by atoms with E-state index in [1.165, 1.54) is 13.8 Å². The third kappa shape index (κ3) is 18.9. The van der Waals surface area contributed by atoms with Crippen LogP contribution in [0.3, 0.4) is 0 Å². The van der Waals surface area contributed by atoms with E-state index in [1.807, 2.05) is 12.2 Å². The number of phosphoric acid groups is 3. The molecule has 0 aromatic carbocycles.